The zero-order valence-corrected chi connectivity index (χ0v) is 24.0. The number of piperazine rings is 1. The van der Waals surface area contributed by atoms with E-state index in [0.29, 0.717) is 66.3 Å². The summed E-state index contributed by atoms with van der Waals surface area (Å²) in [5.74, 6) is 1.41. The fraction of sp³-hybridized carbons (Fsp3) is 0.300. The van der Waals surface area contributed by atoms with Crippen LogP contribution in [0.1, 0.15) is 19.7 Å². The monoisotopic (exact) mass is 591 g/mol. The highest BCUT2D eigenvalue weighted by Crippen LogP contribution is 2.26. The number of nitrogens with zero attached hydrogens (tertiary/aromatic N) is 5. The van der Waals surface area contributed by atoms with Crippen LogP contribution in [0, 0.1) is 10.1 Å². The van der Waals surface area contributed by atoms with Gasteiger partial charge < -0.3 is 14.4 Å². The number of halogens is 1. The number of hydrogen-bond acceptors (Lipinski definition) is 8. The Kier molecular flexibility index (Phi) is 8.69. The lowest BCUT2D eigenvalue weighted by atomic mass is 10.2. The molecular formula is C30H30ClN5O6. The Hall–Kier alpha value is -4.48. The molecular weight excluding hydrogens is 562 g/mol. The van der Waals surface area contributed by atoms with Gasteiger partial charge >= 0.3 is 0 Å². The molecule has 0 atom stereocenters. The van der Waals surface area contributed by atoms with Crippen molar-refractivity contribution in [3.8, 4) is 17.2 Å². The van der Waals surface area contributed by atoms with E-state index in [4.69, 9.17) is 26.1 Å². The van der Waals surface area contributed by atoms with Gasteiger partial charge in [-0.15, -0.1) is 0 Å². The maximum atomic E-state index is 13.9. The van der Waals surface area contributed by atoms with E-state index in [-0.39, 0.29) is 29.7 Å². The van der Waals surface area contributed by atoms with Gasteiger partial charge in [0.15, 0.2) is 6.61 Å². The number of non-ortho nitro benzene ring substituents is 1. The Labute approximate surface area is 247 Å². The zero-order valence-electron chi connectivity index (χ0n) is 23.2. The Morgan fingerprint density at radius 3 is 2.45 bits per heavy atom. The average Bonchev–Trinajstić information content (AvgIpc) is 2.97. The van der Waals surface area contributed by atoms with Gasteiger partial charge in [-0.25, -0.2) is 4.98 Å². The van der Waals surface area contributed by atoms with Crippen LogP contribution in [0.15, 0.2) is 71.5 Å². The van der Waals surface area contributed by atoms with Crippen LogP contribution in [0.3, 0.4) is 0 Å². The summed E-state index contributed by atoms with van der Waals surface area (Å²) in [6.45, 7) is 6.12. The van der Waals surface area contributed by atoms with Crippen LogP contribution in [0.2, 0.25) is 5.02 Å². The van der Waals surface area contributed by atoms with Gasteiger partial charge in [0.2, 0.25) is 0 Å². The van der Waals surface area contributed by atoms with Crippen molar-refractivity contribution in [3.05, 3.63) is 98.0 Å². The van der Waals surface area contributed by atoms with Crippen molar-refractivity contribution < 1.29 is 19.2 Å². The summed E-state index contributed by atoms with van der Waals surface area (Å²) < 4.78 is 13.1. The smallest absolute Gasteiger partial charge is 0.270 e. The first kappa shape index (κ1) is 29.0. The summed E-state index contributed by atoms with van der Waals surface area (Å²) in [6, 6.07) is 18.1. The quantitative estimate of drug-likeness (QED) is 0.207. The lowest BCUT2D eigenvalue weighted by Gasteiger charge is -2.34. The van der Waals surface area contributed by atoms with Gasteiger partial charge in [-0.1, -0.05) is 23.7 Å². The molecule has 0 unspecified atom stereocenters. The molecule has 3 aromatic carbocycles. The van der Waals surface area contributed by atoms with Gasteiger partial charge in [0.05, 0.1) is 34.2 Å². The van der Waals surface area contributed by atoms with Crippen LogP contribution in [0.4, 0.5) is 5.69 Å². The molecule has 1 amide bonds. The van der Waals surface area contributed by atoms with Crippen LogP contribution >= 0.6 is 11.6 Å². The highest BCUT2D eigenvalue weighted by atomic mass is 35.5. The first-order chi connectivity index (χ1) is 20.2. The Morgan fingerprint density at radius 2 is 1.76 bits per heavy atom. The number of amides is 1. The van der Waals surface area contributed by atoms with E-state index in [1.165, 1.54) is 22.8 Å². The highest BCUT2D eigenvalue weighted by Gasteiger charge is 2.25. The molecule has 4 aromatic rings. The third kappa shape index (κ3) is 6.53. The van der Waals surface area contributed by atoms with Crippen LogP contribution in [-0.2, 0) is 11.3 Å². The summed E-state index contributed by atoms with van der Waals surface area (Å²) in [5, 5.41) is 12.2. The molecule has 1 aliphatic rings. The normalized spacial score (nSPS) is 13.9. The highest BCUT2D eigenvalue weighted by molar-refractivity contribution is 6.30. The second kappa shape index (κ2) is 12.6. The SMILES string of the molecule is CC(C)Oc1ccccc1-n1c(CN2CCN(C(=O)COc3ccc(Cl)cc3)CC2)nc2ccc([N+](=O)[O-])cc2c1=O. The first-order valence-electron chi connectivity index (χ1n) is 13.5. The van der Waals surface area contributed by atoms with Gasteiger partial charge in [-0.3, -0.25) is 29.2 Å². The molecule has 218 valence electrons. The van der Waals surface area contributed by atoms with Crippen LogP contribution in [0.5, 0.6) is 11.5 Å². The lowest BCUT2D eigenvalue weighted by Crippen LogP contribution is -2.50. The molecule has 1 saturated heterocycles. The van der Waals surface area contributed by atoms with Gasteiger partial charge in [0.1, 0.15) is 17.3 Å². The van der Waals surface area contributed by atoms with Crippen LogP contribution in [-0.4, -0.2) is 69.1 Å². The molecule has 0 bridgehead atoms. The standard InChI is InChI=1S/C30H30ClN5O6/c1-20(2)42-27-6-4-3-5-26(27)35-28(32-25-12-9-22(36(39)40)17-24(25)30(35)38)18-33-13-15-34(16-14-33)29(37)19-41-23-10-7-21(31)8-11-23/h3-12,17,20H,13-16,18-19H2,1-2H3. The minimum atomic E-state index is -0.534. The number of carbonyl (C=O) groups is 1. The van der Waals surface area contributed by atoms with E-state index in [1.54, 1.807) is 47.4 Å². The predicted octanol–water partition coefficient (Wildman–Crippen LogP) is 4.46. The molecule has 11 nitrogen and oxygen atoms in total. The van der Waals surface area contributed by atoms with Crippen molar-refractivity contribution in [2.24, 2.45) is 0 Å². The summed E-state index contributed by atoms with van der Waals surface area (Å²) >= 11 is 5.91. The topological polar surface area (TPSA) is 120 Å². The Morgan fingerprint density at radius 1 is 1.05 bits per heavy atom. The third-order valence-corrected chi connectivity index (χ3v) is 7.12. The average molecular weight is 592 g/mol. The first-order valence-corrected chi connectivity index (χ1v) is 13.9. The van der Waals surface area contributed by atoms with Gasteiger partial charge in [0.25, 0.3) is 17.2 Å². The Balaban J connectivity index is 1.39. The van der Waals surface area contributed by atoms with E-state index in [9.17, 15) is 19.7 Å². The molecule has 1 fully saturated rings. The van der Waals surface area contributed by atoms with Crippen molar-refractivity contribution in [2.45, 2.75) is 26.5 Å². The molecule has 0 radical (unpaired) electrons. The number of benzene rings is 3. The molecule has 5 rings (SSSR count). The second-order valence-corrected chi connectivity index (χ2v) is 10.6. The molecule has 0 saturated carbocycles. The van der Waals surface area contributed by atoms with E-state index in [0.717, 1.165) is 0 Å². The van der Waals surface area contributed by atoms with Gasteiger partial charge in [0, 0.05) is 43.3 Å². The minimum Gasteiger partial charge on any atom is -0.489 e. The molecule has 12 heteroatoms. The largest absolute Gasteiger partial charge is 0.489 e. The lowest BCUT2D eigenvalue weighted by molar-refractivity contribution is -0.384. The maximum absolute atomic E-state index is 13.9. The van der Waals surface area contributed by atoms with E-state index < -0.39 is 10.5 Å². The number of carbonyl (C=O) groups excluding carboxylic acids is 1. The van der Waals surface area contributed by atoms with E-state index >= 15 is 0 Å². The van der Waals surface area contributed by atoms with Crippen molar-refractivity contribution in [3.63, 3.8) is 0 Å². The minimum absolute atomic E-state index is 0.0772. The summed E-state index contributed by atoms with van der Waals surface area (Å²) in [4.78, 5) is 46.2. The number of nitro benzene ring substituents is 1. The fourth-order valence-corrected chi connectivity index (χ4v) is 4.93. The summed E-state index contributed by atoms with van der Waals surface area (Å²) in [7, 11) is 0. The molecule has 0 N–H and O–H groups in total. The summed E-state index contributed by atoms with van der Waals surface area (Å²) in [6.07, 6.45) is -0.144. The Bertz CT molecular complexity index is 1670. The van der Waals surface area contributed by atoms with Crippen molar-refractivity contribution in [2.75, 3.05) is 32.8 Å². The molecule has 0 aliphatic carbocycles. The molecule has 1 aliphatic heterocycles. The number of fused-ring (bicyclic) bond motifs is 1. The second-order valence-electron chi connectivity index (χ2n) is 10.2. The van der Waals surface area contributed by atoms with Crippen molar-refractivity contribution in [1.82, 2.24) is 19.4 Å². The van der Waals surface area contributed by atoms with Gasteiger partial charge in [-0.05, 0) is 56.3 Å². The van der Waals surface area contributed by atoms with Gasteiger partial charge in [-0.2, -0.15) is 0 Å². The predicted molar refractivity (Wildman–Crippen MR) is 159 cm³/mol. The molecule has 2 heterocycles. The van der Waals surface area contributed by atoms with Crippen LogP contribution < -0.4 is 15.0 Å². The number of para-hydroxylation sites is 2. The molecule has 42 heavy (non-hydrogen) atoms. The van der Waals surface area contributed by atoms with E-state index in [1.807, 2.05) is 19.9 Å². The van der Waals surface area contributed by atoms with Crippen molar-refractivity contribution >= 4 is 34.1 Å². The number of nitro groups is 1. The maximum Gasteiger partial charge on any atom is 0.270 e. The number of hydrogen-bond donors (Lipinski definition) is 0. The zero-order chi connectivity index (χ0) is 29.8. The number of ether oxygens (including phenoxy) is 2. The summed E-state index contributed by atoms with van der Waals surface area (Å²) in [5.41, 5.74) is 0.257. The number of rotatable bonds is 9. The van der Waals surface area contributed by atoms with Crippen molar-refractivity contribution in [1.29, 1.82) is 0 Å². The molecule has 1 aromatic heterocycles. The third-order valence-electron chi connectivity index (χ3n) is 6.87. The number of aromatic nitrogens is 2. The van der Waals surface area contributed by atoms with E-state index in [2.05, 4.69) is 4.90 Å². The molecule has 0 spiro atoms. The van der Waals surface area contributed by atoms with Crippen LogP contribution in [0.25, 0.3) is 16.6 Å². The fourth-order valence-electron chi connectivity index (χ4n) is 4.81.